The fourth-order valence-electron chi connectivity index (χ4n) is 1.46. The molecule has 18 heavy (non-hydrogen) atoms. The first-order valence-corrected chi connectivity index (χ1v) is 8.10. The van der Waals surface area contributed by atoms with Crippen molar-refractivity contribution in [2.24, 2.45) is 0 Å². The van der Waals surface area contributed by atoms with Crippen LogP contribution in [0.1, 0.15) is 18.7 Å². The molecular formula is C13H14Br2N2S. The van der Waals surface area contributed by atoms with E-state index in [-0.39, 0.29) is 0 Å². The van der Waals surface area contributed by atoms with Gasteiger partial charge >= 0.3 is 0 Å². The van der Waals surface area contributed by atoms with E-state index in [1.54, 1.807) is 11.3 Å². The molecule has 2 nitrogen and oxygen atoms in total. The average Bonchev–Trinajstić information content (AvgIpc) is 2.79. The van der Waals surface area contributed by atoms with E-state index in [9.17, 15) is 0 Å². The van der Waals surface area contributed by atoms with Crippen molar-refractivity contribution in [2.75, 3.05) is 0 Å². The quantitative estimate of drug-likeness (QED) is 0.809. The second kappa shape index (κ2) is 6.28. The maximum atomic E-state index is 4.48. The largest absolute Gasteiger partial charge is 0.310 e. The Balaban J connectivity index is 2.16. The molecule has 2 rings (SSSR count). The molecule has 1 aromatic heterocycles. The number of hydrogen-bond donors (Lipinski definition) is 1. The number of nitrogens with zero attached hydrogens (tertiary/aromatic N) is 1. The third kappa shape index (κ3) is 3.63. The van der Waals surface area contributed by atoms with E-state index in [4.69, 9.17) is 0 Å². The summed E-state index contributed by atoms with van der Waals surface area (Å²) in [6.45, 7) is 5.18. The Morgan fingerprint density at radius 1 is 1.28 bits per heavy atom. The van der Waals surface area contributed by atoms with Gasteiger partial charge in [0, 0.05) is 38.2 Å². The molecule has 1 heterocycles. The Labute approximate surface area is 128 Å². The zero-order valence-electron chi connectivity index (χ0n) is 10.2. The molecule has 0 aliphatic heterocycles. The summed E-state index contributed by atoms with van der Waals surface area (Å²) in [4.78, 5) is 5.74. The minimum atomic E-state index is 0.498. The molecule has 1 aromatic carbocycles. The highest BCUT2D eigenvalue weighted by Crippen LogP contribution is 2.31. The van der Waals surface area contributed by atoms with Crippen molar-refractivity contribution in [3.05, 3.63) is 38.2 Å². The minimum absolute atomic E-state index is 0.498. The van der Waals surface area contributed by atoms with Crippen molar-refractivity contribution in [1.82, 2.24) is 10.3 Å². The van der Waals surface area contributed by atoms with Crippen LogP contribution in [0.15, 0.2) is 33.3 Å². The van der Waals surface area contributed by atoms with Gasteiger partial charge < -0.3 is 5.32 Å². The Morgan fingerprint density at radius 2 is 2.06 bits per heavy atom. The van der Waals surface area contributed by atoms with Gasteiger partial charge in [0.1, 0.15) is 5.01 Å². The summed E-state index contributed by atoms with van der Waals surface area (Å²) in [5, 5.41) is 4.46. The molecule has 0 radical (unpaired) electrons. The Bertz CT molecular complexity index is 538. The van der Waals surface area contributed by atoms with Crippen molar-refractivity contribution in [2.45, 2.75) is 26.4 Å². The summed E-state index contributed by atoms with van der Waals surface area (Å²) in [6, 6.07) is 6.69. The van der Waals surface area contributed by atoms with Crippen LogP contribution < -0.4 is 5.32 Å². The third-order valence-electron chi connectivity index (χ3n) is 2.40. The standard InChI is InChI=1S/C13H14Br2N2S/c1-8(2)16-6-10-7-17-13(18-10)9-3-4-11(14)12(15)5-9/h3-5,7-8,16H,6H2,1-2H3. The Hall–Kier alpha value is -0.230. The van der Waals surface area contributed by atoms with Crippen LogP contribution >= 0.6 is 43.2 Å². The van der Waals surface area contributed by atoms with Crippen LogP contribution in [-0.4, -0.2) is 11.0 Å². The van der Waals surface area contributed by atoms with Gasteiger partial charge in [0.2, 0.25) is 0 Å². The highest BCUT2D eigenvalue weighted by molar-refractivity contribution is 9.13. The monoisotopic (exact) mass is 388 g/mol. The first-order chi connectivity index (χ1) is 8.56. The van der Waals surface area contributed by atoms with Crippen LogP contribution in [0.4, 0.5) is 0 Å². The Kier molecular flexibility index (Phi) is 4.95. The van der Waals surface area contributed by atoms with Crippen molar-refractivity contribution in [3.63, 3.8) is 0 Å². The van der Waals surface area contributed by atoms with E-state index in [1.165, 1.54) is 4.88 Å². The lowest BCUT2D eigenvalue weighted by Crippen LogP contribution is -2.21. The molecule has 0 unspecified atom stereocenters. The van der Waals surface area contributed by atoms with Crippen LogP contribution in [0.25, 0.3) is 10.6 Å². The molecule has 0 aliphatic rings. The number of thiazole rings is 1. The highest BCUT2D eigenvalue weighted by Gasteiger charge is 2.07. The molecule has 5 heteroatoms. The van der Waals surface area contributed by atoms with Crippen molar-refractivity contribution in [1.29, 1.82) is 0 Å². The van der Waals surface area contributed by atoms with Crippen molar-refractivity contribution < 1.29 is 0 Å². The maximum Gasteiger partial charge on any atom is 0.123 e. The van der Waals surface area contributed by atoms with Crippen LogP contribution in [-0.2, 0) is 6.54 Å². The van der Waals surface area contributed by atoms with E-state index < -0.39 is 0 Å². The molecule has 0 atom stereocenters. The predicted molar refractivity (Wildman–Crippen MR) is 84.9 cm³/mol. The number of aromatic nitrogens is 1. The van der Waals surface area contributed by atoms with Crippen LogP contribution in [0.3, 0.4) is 0 Å². The number of hydrogen-bond acceptors (Lipinski definition) is 3. The molecule has 0 amide bonds. The van der Waals surface area contributed by atoms with Crippen molar-refractivity contribution in [3.8, 4) is 10.6 Å². The van der Waals surface area contributed by atoms with E-state index in [0.29, 0.717) is 6.04 Å². The predicted octanol–water partition coefficient (Wildman–Crippen LogP) is 4.83. The summed E-state index contributed by atoms with van der Waals surface area (Å²) >= 11 is 8.72. The SMILES string of the molecule is CC(C)NCc1cnc(-c2ccc(Br)c(Br)c2)s1. The van der Waals surface area contributed by atoms with Crippen LogP contribution in [0.5, 0.6) is 0 Å². The fourth-order valence-corrected chi connectivity index (χ4v) is 2.94. The number of halogens is 2. The van der Waals surface area contributed by atoms with E-state index in [2.05, 4.69) is 68.1 Å². The highest BCUT2D eigenvalue weighted by atomic mass is 79.9. The second-order valence-electron chi connectivity index (χ2n) is 4.30. The molecule has 0 fully saturated rings. The van der Waals surface area contributed by atoms with E-state index >= 15 is 0 Å². The number of nitrogens with one attached hydrogen (secondary N) is 1. The molecule has 0 saturated heterocycles. The number of benzene rings is 1. The third-order valence-corrected chi connectivity index (χ3v) is 5.33. The van der Waals surface area contributed by atoms with Crippen LogP contribution in [0.2, 0.25) is 0 Å². The smallest absolute Gasteiger partial charge is 0.123 e. The number of rotatable bonds is 4. The normalized spacial score (nSPS) is 11.2. The van der Waals surface area contributed by atoms with Crippen LogP contribution in [0, 0.1) is 0 Å². The zero-order chi connectivity index (χ0) is 13.1. The van der Waals surface area contributed by atoms with Gasteiger partial charge in [0.15, 0.2) is 0 Å². The fraction of sp³-hybridized carbons (Fsp3) is 0.308. The molecule has 0 bridgehead atoms. The summed E-state index contributed by atoms with van der Waals surface area (Å²) in [5.41, 5.74) is 1.14. The molecule has 96 valence electrons. The lowest BCUT2D eigenvalue weighted by Gasteiger charge is -2.04. The molecule has 2 aromatic rings. The first-order valence-electron chi connectivity index (χ1n) is 5.70. The lowest BCUT2D eigenvalue weighted by atomic mass is 10.2. The summed E-state index contributed by atoms with van der Waals surface area (Å²) in [7, 11) is 0. The van der Waals surface area contributed by atoms with Gasteiger partial charge in [-0.2, -0.15) is 0 Å². The summed E-state index contributed by atoms with van der Waals surface area (Å²) in [5.74, 6) is 0. The molecular weight excluding hydrogens is 376 g/mol. The molecule has 0 saturated carbocycles. The zero-order valence-corrected chi connectivity index (χ0v) is 14.2. The van der Waals surface area contributed by atoms with Gasteiger partial charge in [0.25, 0.3) is 0 Å². The van der Waals surface area contributed by atoms with E-state index in [1.807, 2.05) is 12.3 Å². The summed E-state index contributed by atoms with van der Waals surface area (Å²) in [6.07, 6.45) is 1.95. The molecule has 0 aliphatic carbocycles. The van der Waals surface area contributed by atoms with Gasteiger partial charge in [-0.1, -0.05) is 19.9 Å². The van der Waals surface area contributed by atoms with Gasteiger partial charge in [-0.3, -0.25) is 0 Å². The first kappa shape index (κ1) is 14.2. The Morgan fingerprint density at radius 3 is 2.72 bits per heavy atom. The van der Waals surface area contributed by atoms with E-state index in [0.717, 1.165) is 26.1 Å². The van der Waals surface area contributed by atoms with Gasteiger partial charge in [0.05, 0.1) is 0 Å². The molecule has 0 spiro atoms. The summed E-state index contributed by atoms with van der Waals surface area (Å²) < 4.78 is 2.11. The van der Waals surface area contributed by atoms with Crippen molar-refractivity contribution >= 4 is 43.2 Å². The minimum Gasteiger partial charge on any atom is -0.310 e. The van der Waals surface area contributed by atoms with Gasteiger partial charge in [-0.05, 0) is 44.0 Å². The topological polar surface area (TPSA) is 24.9 Å². The maximum absolute atomic E-state index is 4.48. The second-order valence-corrected chi connectivity index (χ2v) is 7.12. The lowest BCUT2D eigenvalue weighted by molar-refractivity contribution is 0.593. The molecule has 1 N–H and O–H groups in total. The van der Waals surface area contributed by atoms with Gasteiger partial charge in [-0.25, -0.2) is 4.98 Å². The average molecular weight is 390 g/mol. The van der Waals surface area contributed by atoms with Gasteiger partial charge in [-0.15, -0.1) is 11.3 Å².